The highest BCUT2D eigenvalue weighted by molar-refractivity contribution is 5.82. The van der Waals surface area contributed by atoms with Gasteiger partial charge >= 0.3 is 0 Å². The molecule has 1 amide bonds. The Labute approximate surface area is 173 Å². The van der Waals surface area contributed by atoms with Gasteiger partial charge in [0.25, 0.3) is 5.89 Å². The van der Waals surface area contributed by atoms with Crippen LogP contribution in [-0.2, 0) is 16.6 Å². The number of rotatable bonds is 4. The predicted octanol–water partition coefficient (Wildman–Crippen LogP) is 2.68. The quantitative estimate of drug-likeness (QED) is 0.722. The van der Waals surface area contributed by atoms with Crippen LogP contribution >= 0.6 is 0 Å². The minimum Gasteiger partial charge on any atom is -0.395 e. The van der Waals surface area contributed by atoms with Crippen LogP contribution in [-0.4, -0.2) is 45.8 Å². The Kier molecular flexibility index (Phi) is 4.37. The van der Waals surface area contributed by atoms with E-state index in [1.165, 1.54) is 11.1 Å². The lowest BCUT2D eigenvalue weighted by Crippen LogP contribution is -2.32. The first kappa shape index (κ1) is 18.5. The summed E-state index contributed by atoms with van der Waals surface area (Å²) in [5.41, 5.74) is 4.42. The van der Waals surface area contributed by atoms with E-state index in [1.807, 2.05) is 12.1 Å². The third-order valence-corrected chi connectivity index (χ3v) is 6.23. The molecule has 1 spiro atoms. The molecule has 5 rings (SSSR count). The largest absolute Gasteiger partial charge is 0.395 e. The lowest BCUT2D eigenvalue weighted by molar-refractivity contribution is -0.128. The van der Waals surface area contributed by atoms with Gasteiger partial charge in [0.05, 0.1) is 18.2 Å². The highest BCUT2D eigenvalue weighted by Crippen LogP contribution is 2.48. The first-order valence-electron chi connectivity index (χ1n) is 9.99. The molecule has 30 heavy (non-hydrogen) atoms. The lowest BCUT2D eigenvalue weighted by Gasteiger charge is -2.24. The predicted molar refractivity (Wildman–Crippen MR) is 108 cm³/mol. The lowest BCUT2D eigenvalue weighted by atomic mass is 9.80. The Bertz CT molecular complexity index is 1160. The molecule has 2 aliphatic rings. The molecule has 150 valence electrons. The van der Waals surface area contributed by atoms with Gasteiger partial charge in [-0.3, -0.25) is 4.79 Å². The Morgan fingerprint density at radius 3 is 2.83 bits per heavy atom. The number of carbonyl (C=O) groups is 1. The van der Waals surface area contributed by atoms with Gasteiger partial charge < -0.3 is 14.5 Å². The maximum atomic E-state index is 12.5. The van der Waals surface area contributed by atoms with Crippen LogP contribution < -0.4 is 0 Å². The summed E-state index contributed by atoms with van der Waals surface area (Å²) < 4.78 is 5.49. The molecule has 1 unspecified atom stereocenters. The zero-order valence-electron chi connectivity index (χ0n) is 16.3. The molecular formula is C23H20N4O3. The minimum atomic E-state index is -0.197. The van der Waals surface area contributed by atoms with Gasteiger partial charge in [-0.15, -0.1) is 0 Å². The van der Waals surface area contributed by atoms with Crippen LogP contribution in [0, 0.1) is 11.3 Å². The van der Waals surface area contributed by atoms with Gasteiger partial charge in [0.15, 0.2) is 0 Å². The van der Waals surface area contributed by atoms with E-state index < -0.39 is 0 Å². The standard InChI is InChI=1S/C23H20N4O3/c24-13-15-4-6-16(7-5-15)22-25-21(26-30-22)18-2-1-3-19-17(18)8-9-23(19)12-20(29)27(14-23)10-11-28/h1-7,28H,8-12,14H2. The van der Waals surface area contributed by atoms with Crippen LogP contribution in [0.25, 0.3) is 22.8 Å². The van der Waals surface area contributed by atoms with Crippen molar-refractivity contribution >= 4 is 5.91 Å². The number of amides is 1. The molecule has 7 heteroatoms. The topological polar surface area (TPSA) is 103 Å². The second-order valence-electron chi connectivity index (χ2n) is 7.94. The van der Waals surface area contributed by atoms with Crippen molar-refractivity contribution in [1.29, 1.82) is 5.26 Å². The van der Waals surface area contributed by atoms with Gasteiger partial charge in [0.1, 0.15) is 0 Å². The third kappa shape index (κ3) is 2.88. The molecule has 0 radical (unpaired) electrons. The summed E-state index contributed by atoms with van der Waals surface area (Å²) in [5, 5.41) is 22.4. The molecular weight excluding hydrogens is 380 g/mol. The van der Waals surface area contributed by atoms with E-state index >= 15 is 0 Å². The number of carbonyl (C=O) groups excluding carboxylic acids is 1. The number of fused-ring (bicyclic) bond motifs is 2. The Morgan fingerprint density at radius 1 is 1.23 bits per heavy atom. The van der Waals surface area contributed by atoms with Crippen LogP contribution in [0.1, 0.15) is 29.5 Å². The molecule has 1 N–H and O–H groups in total. The third-order valence-electron chi connectivity index (χ3n) is 6.23. The maximum Gasteiger partial charge on any atom is 0.258 e. The smallest absolute Gasteiger partial charge is 0.258 e. The molecule has 1 aliphatic carbocycles. The second-order valence-corrected chi connectivity index (χ2v) is 7.94. The van der Waals surface area contributed by atoms with E-state index in [0.717, 1.165) is 24.0 Å². The molecule has 2 heterocycles. The second kappa shape index (κ2) is 7.08. The number of nitriles is 1. The summed E-state index contributed by atoms with van der Waals surface area (Å²) in [7, 11) is 0. The molecule has 1 saturated heterocycles. The van der Waals surface area contributed by atoms with Crippen molar-refractivity contribution in [3.8, 4) is 28.9 Å². The molecule has 3 aromatic rings. The molecule has 1 aliphatic heterocycles. The summed E-state index contributed by atoms with van der Waals surface area (Å²) in [6.07, 6.45) is 2.23. The van der Waals surface area contributed by atoms with Crippen molar-refractivity contribution < 1.29 is 14.4 Å². The van der Waals surface area contributed by atoms with Crippen LogP contribution in [0.5, 0.6) is 0 Å². The van der Waals surface area contributed by atoms with Gasteiger partial charge in [-0.1, -0.05) is 23.4 Å². The van der Waals surface area contributed by atoms with Crippen LogP contribution in [0.4, 0.5) is 0 Å². The van der Waals surface area contributed by atoms with E-state index in [0.29, 0.717) is 36.8 Å². The summed E-state index contributed by atoms with van der Waals surface area (Å²) in [4.78, 5) is 18.8. The molecule has 1 fully saturated rings. The first-order valence-corrected chi connectivity index (χ1v) is 9.99. The number of likely N-dealkylation sites (tertiary alicyclic amines) is 1. The van der Waals surface area contributed by atoms with E-state index in [1.54, 1.807) is 29.2 Å². The monoisotopic (exact) mass is 400 g/mol. The van der Waals surface area contributed by atoms with E-state index in [9.17, 15) is 9.90 Å². The van der Waals surface area contributed by atoms with Crippen molar-refractivity contribution in [3.63, 3.8) is 0 Å². The minimum absolute atomic E-state index is 0.0182. The molecule has 7 nitrogen and oxygen atoms in total. The molecule has 0 bridgehead atoms. The number of hydrogen-bond acceptors (Lipinski definition) is 6. The fraction of sp³-hybridized carbons (Fsp3) is 0.304. The zero-order chi connectivity index (χ0) is 20.7. The summed E-state index contributed by atoms with van der Waals surface area (Å²) in [6.45, 7) is 1.01. The normalized spacial score (nSPS) is 20.0. The first-order chi connectivity index (χ1) is 14.6. The van der Waals surface area contributed by atoms with Crippen molar-refractivity contribution in [3.05, 3.63) is 59.2 Å². The molecule has 2 aromatic carbocycles. The average molecular weight is 400 g/mol. The molecule has 1 aromatic heterocycles. The highest BCUT2D eigenvalue weighted by atomic mass is 16.5. The Hall–Kier alpha value is -3.50. The fourth-order valence-corrected chi connectivity index (χ4v) is 4.78. The number of aromatic nitrogens is 2. The fourth-order valence-electron chi connectivity index (χ4n) is 4.78. The summed E-state index contributed by atoms with van der Waals surface area (Å²) in [6, 6.07) is 15.2. The highest BCUT2D eigenvalue weighted by Gasteiger charge is 2.48. The van der Waals surface area contributed by atoms with Crippen molar-refractivity contribution in [2.24, 2.45) is 0 Å². The number of aliphatic hydroxyl groups excluding tert-OH is 1. The number of nitrogens with zero attached hydrogens (tertiary/aromatic N) is 4. The van der Waals surface area contributed by atoms with Gasteiger partial charge in [-0.25, -0.2) is 0 Å². The van der Waals surface area contributed by atoms with Gasteiger partial charge in [0.2, 0.25) is 11.7 Å². The number of benzene rings is 2. The summed E-state index contributed by atoms with van der Waals surface area (Å²) >= 11 is 0. The molecule has 0 saturated carbocycles. The van der Waals surface area contributed by atoms with Crippen molar-refractivity contribution in [2.45, 2.75) is 24.7 Å². The summed E-state index contributed by atoms with van der Waals surface area (Å²) in [5.74, 6) is 1.04. The SMILES string of the molecule is N#Cc1ccc(-c2nc(-c3cccc4c3CCC43CC(=O)N(CCO)C3)no2)cc1. The van der Waals surface area contributed by atoms with E-state index in [4.69, 9.17) is 9.78 Å². The average Bonchev–Trinajstić information content (AvgIpc) is 3.47. The Balaban J connectivity index is 1.48. The zero-order valence-corrected chi connectivity index (χ0v) is 16.3. The van der Waals surface area contributed by atoms with Gasteiger partial charge in [0, 0.05) is 36.1 Å². The maximum absolute atomic E-state index is 12.5. The van der Waals surface area contributed by atoms with Gasteiger partial charge in [-0.2, -0.15) is 10.2 Å². The van der Waals surface area contributed by atoms with E-state index in [-0.39, 0.29) is 17.9 Å². The van der Waals surface area contributed by atoms with Crippen LogP contribution in [0.15, 0.2) is 47.0 Å². The number of aliphatic hydroxyl groups is 1. The number of hydrogen-bond donors (Lipinski definition) is 1. The van der Waals surface area contributed by atoms with Crippen molar-refractivity contribution in [2.75, 3.05) is 19.7 Å². The van der Waals surface area contributed by atoms with Crippen molar-refractivity contribution in [1.82, 2.24) is 15.0 Å². The van der Waals surface area contributed by atoms with Crippen LogP contribution in [0.2, 0.25) is 0 Å². The molecule has 1 atom stereocenters. The Morgan fingerprint density at radius 2 is 2.07 bits per heavy atom. The number of β-amino-alcohol motifs (C(OH)–C–C–N with tert-alkyl or cyclic N) is 1. The van der Waals surface area contributed by atoms with E-state index in [2.05, 4.69) is 22.3 Å². The van der Waals surface area contributed by atoms with Gasteiger partial charge in [-0.05, 0) is 48.2 Å². The van der Waals surface area contributed by atoms with Crippen LogP contribution in [0.3, 0.4) is 0 Å².